The Balaban J connectivity index is 1.77. The number of carboxylic acid groups (broad SMARTS) is 1. The zero-order chi connectivity index (χ0) is 18.7. The topological polar surface area (TPSA) is 105 Å². The molecule has 1 aliphatic heterocycles. The minimum atomic E-state index is -0.977. The molecule has 2 unspecified atom stereocenters. The number of allylic oxidation sites excluding steroid dienone is 2. The van der Waals surface area contributed by atoms with E-state index in [-0.39, 0.29) is 5.91 Å². The fourth-order valence-corrected chi connectivity index (χ4v) is 3.20. The molecule has 1 aromatic carbocycles. The van der Waals surface area contributed by atoms with Crippen molar-refractivity contribution in [1.82, 2.24) is 0 Å². The predicted molar refractivity (Wildman–Crippen MR) is 93.3 cm³/mol. The highest BCUT2D eigenvalue weighted by Gasteiger charge is 2.34. The molecule has 0 spiro atoms. The predicted octanol–water partition coefficient (Wildman–Crippen LogP) is 2.26. The number of ether oxygens (including phenoxy) is 2. The summed E-state index contributed by atoms with van der Waals surface area (Å²) in [5, 5.41) is 12.1. The van der Waals surface area contributed by atoms with E-state index in [1.165, 1.54) is 12.0 Å². The maximum atomic E-state index is 12.5. The molecule has 2 N–H and O–H groups in total. The van der Waals surface area contributed by atoms with Crippen molar-refractivity contribution in [3.63, 3.8) is 0 Å². The lowest BCUT2D eigenvalue weighted by molar-refractivity contribution is -0.146. The van der Waals surface area contributed by atoms with Crippen molar-refractivity contribution in [2.45, 2.75) is 12.8 Å². The van der Waals surface area contributed by atoms with E-state index in [0.717, 1.165) is 0 Å². The van der Waals surface area contributed by atoms with Crippen LogP contribution in [-0.4, -0.2) is 43.3 Å². The van der Waals surface area contributed by atoms with Gasteiger partial charge in [-0.1, -0.05) is 12.2 Å². The molecule has 2 amide bonds. The lowest BCUT2D eigenvalue weighted by Gasteiger charge is -2.24. The van der Waals surface area contributed by atoms with Crippen LogP contribution in [0.25, 0.3) is 0 Å². The second-order valence-corrected chi connectivity index (χ2v) is 6.14. The number of nitrogens with one attached hydrogen (secondary N) is 1. The minimum Gasteiger partial charge on any atom is -0.494 e. The Morgan fingerprint density at radius 3 is 2.62 bits per heavy atom. The maximum absolute atomic E-state index is 12.5. The van der Waals surface area contributed by atoms with E-state index in [1.807, 2.05) is 6.08 Å². The van der Waals surface area contributed by atoms with Gasteiger partial charge in [0.2, 0.25) is 5.91 Å². The van der Waals surface area contributed by atoms with Crippen molar-refractivity contribution < 1.29 is 29.0 Å². The zero-order valence-corrected chi connectivity index (χ0v) is 14.3. The monoisotopic (exact) mass is 360 g/mol. The lowest BCUT2D eigenvalue weighted by atomic mass is 9.82. The second-order valence-electron chi connectivity index (χ2n) is 6.14. The van der Waals surface area contributed by atoms with E-state index in [9.17, 15) is 19.5 Å². The molecular weight excluding hydrogens is 340 g/mol. The van der Waals surface area contributed by atoms with Crippen molar-refractivity contribution in [2.24, 2.45) is 11.8 Å². The number of benzene rings is 1. The number of rotatable bonds is 5. The van der Waals surface area contributed by atoms with Crippen LogP contribution in [0.15, 0.2) is 30.4 Å². The third kappa shape index (κ3) is 3.49. The SMILES string of the molecule is COc1cc(NC(=O)C2CC=CCC2C(=O)O)ccc1N1CCOC1=O. The summed E-state index contributed by atoms with van der Waals surface area (Å²) >= 11 is 0. The average molecular weight is 360 g/mol. The first-order chi connectivity index (χ1) is 12.5. The first-order valence-corrected chi connectivity index (χ1v) is 8.32. The molecule has 0 radical (unpaired) electrons. The number of hydrogen-bond acceptors (Lipinski definition) is 5. The van der Waals surface area contributed by atoms with Gasteiger partial charge in [0, 0.05) is 11.8 Å². The van der Waals surface area contributed by atoms with Gasteiger partial charge in [-0.05, 0) is 25.0 Å². The summed E-state index contributed by atoms with van der Waals surface area (Å²) in [6.45, 7) is 0.738. The number of hydrogen-bond donors (Lipinski definition) is 2. The molecule has 3 rings (SSSR count). The van der Waals surface area contributed by atoms with Crippen molar-refractivity contribution in [3.05, 3.63) is 30.4 Å². The smallest absolute Gasteiger partial charge is 0.414 e. The summed E-state index contributed by atoms with van der Waals surface area (Å²) in [4.78, 5) is 37.1. The number of amides is 2. The van der Waals surface area contributed by atoms with Crippen molar-refractivity contribution in [1.29, 1.82) is 0 Å². The van der Waals surface area contributed by atoms with E-state index < -0.39 is 23.9 Å². The molecule has 26 heavy (non-hydrogen) atoms. The third-order valence-electron chi connectivity index (χ3n) is 4.59. The van der Waals surface area contributed by atoms with Crippen molar-refractivity contribution in [2.75, 3.05) is 30.5 Å². The molecule has 8 nitrogen and oxygen atoms in total. The molecule has 1 heterocycles. The molecule has 0 saturated carbocycles. The normalized spacial score (nSPS) is 22.0. The zero-order valence-electron chi connectivity index (χ0n) is 14.3. The first kappa shape index (κ1) is 17.8. The molecule has 0 bridgehead atoms. The molecule has 1 saturated heterocycles. The fourth-order valence-electron chi connectivity index (χ4n) is 3.20. The summed E-state index contributed by atoms with van der Waals surface area (Å²) in [5.74, 6) is -2.27. The summed E-state index contributed by atoms with van der Waals surface area (Å²) < 4.78 is 10.3. The van der Waals surface area contributed by atoms with Gasteiger partial charge in [0.05, 0.1) is 31.2 Å². The average Bonchev–Trinajstić information content (AvgIpc) is 3.07. The van der Waals surface area contributed by atoms with Gasteiger partial charge in [-0.25, -0.2) is 4.79 Å². The summed E-state index contributed by atoms with van der Waals surface area (Å²) in [7, 11) is 1.47. The summed E-state index contributed by atoms with van der Waals surface area (Å²) in [5.41, 5.74) is 1.03. The van der Waals surface area contributed by atoms with Crippen LogP contribution in [0.4, 0.5) is 16.2 Å². The molecular formula is C18H20N2O6. The van der Waals surface area contributed by atoms with Crippen LogP contribution >= 0.6 is 0 Å². The van der Waals surface area contributed by atoms with E-state index in [4.69, 9.17) is 9.47 Å². The van der Waals surface area contributed by atoms with E-state index in [0.29, 0.717) is 43.1 Å². The van der Waals surface area contributed by atoms with Gasteiger partial charge in [-0.15, -0.1) is 0 Å². The summed E-state index contributed by atoms with van der Waals surface area (Å²) in [6, 6.07) is 4.92. The Morgan fingerprint density at radius 2 is 2.00 bits per heavy atom. The number of carbonyl (C=O) groups excluding carboxylic acids is 2. The van der Waals surface area contributed by atoms with Crippen LogP contribution in [-0.2, 0) is 14.3 Å². The largest absolute Gasteiger partial charge is 0.494 e. The number of anilines is 2. The van der Waals surface area contributed by atoms with Crippen LogP contribution in [0, 0.1) is 11.8 Å². The molecule has 2 aliphatic rings. The Kier molecular flexibility index (Phi) is 5.11. The van der Waals surface area contributed by atoms with Crippen LogP contribution in [0.1, 0.15) is 12.8 Å². The molecule has 138 valence electrons. The second kappa shape index (κ2) is 7.47. The lowest BCUT2D eigenvalue weighted by Crippen LogP contribution is -2.34. The van der Waals surface area contributed by atoms with Crippen molar-refractivity contribution in [3.8, 4) is 5.75 Å². The third-order valence-corrected chi connectivity index (χ3v) is 4.59. The molecule has 0 aromatic heterocycles. The Hall–Kier alpha value is -3.03. The van der Waals surface area contributed by atoms with E-state index in [1.54, 1.807) is 24.3 Å². The van der Waals surface area contributed by atoms with E-state index >= 15 is 0 Å². The molecule has 1 aliphatic carbocycles. The van der Waals surface area contributed by atoms with E-state index in [2.05, 4.69) is 5.32 Å². The standard InChI is InChI=1S/C18H20N2O6/c1-25-15-10-11(6-7-14(15)20-8-9-26-18(20)24)19-16(21)12-4-2-3-5-13(12)17(22)23/h2-3,6-7,10,12-13H,4-5,8-9H2,1H3,(H,19,21)(H,22,23). The Bertz CT molecular complexity index is 760. The number of carbonyl (C=O) groups is 3. The number of aliphatic carboxylic acids is 1. The van der Waals surface area contributed by atoms with Gasteiger partial charge in [0.1, 0.15) is 12.4 Å². The highest BCUT2D eigenvalue weighted by atomic mass is 16.6. The molecule has 8 heteroatoms. The van der Waals surface area contributed by atoms with Gasteiger partial charge < -0.3 is 19.9 Å². The summed E-state index contributed by atoms with van der Waals surface area (Å²) in [6.07, 6.45) is 3.89. The van der Waals surface area contributed by atoms with Crippen LogP contribution in [0.3, 0.4) is 0 Å². The van der Waals surface area contributed by atoms with Gasteiger partial charge in [-0.2, -0.15) is 0 Å². The number of cyclic esters (lactones) is 1. The Morgan fingerprint density at radius 1 is 1.27 bits per heavy atom. The molecule has 1 aromatic rings. The molecule has 2 atom stereocenters. The minimum absolute atomic E-state index is 0.312. The molecule has 1 fully saturated rings. The highest BCUT2D eigenvalue weighted by Crippen LogP contribution is 2.34. The van der Waals surface area contributed by atoms with Gasteiger partial charge >= 0.3 is 12.1 Å². The quantitative estimate of drug-likeness (QED) is 0.781. The fraction of sp³-hybridized carbons (Fsp3) is 0.389. The number of nitrogens with zero attached hydrogens (tertiary/aromatic N) is 1. The highest BCUT2D eigenvalue weighted by molar-refractivity contribution is 5.97. The maximum Gasteiger partial charge on any atom is 0.414 e. The van der Waals surface area contributed by atoms with Crippen LogP contribution < -0.4 is 15.0 Å². The Labute approximate surface area is 150 Å². The van der Waals surface area contributed by atoms with Crippen LogP contribution in [0.2, 0.25) is 0 Å². The van der Waals surface area contributed by atoms with Crippen molar-refractivity contribution >= 4 is 29.3 Å². The number of methoxy groups -OCH3 is 1. The first-order valence-electron chi connectivity index (χ1n) is 8.32. The number of carboxylic acids is 1. The van der Waals surface area contributed by atoms with Gasteiger partial charge in [-0.3, -0.25) is 14.5 Å². The van der Waals surface area contributed by atoms with Gasteiger partial charge in [0.15, 0.2) is 0 Å². The van der Waals surface area contributed by atoms with Crippen LogP contribution in [0.5, 0.6) is 5.75 Å². The van der Waals surface area contributed by atoms with Gasteiger partial charge in [0.25, 0.3) is 0 Å².